The molecule has 0 spiro atoms. The first-order valence-electron chi connectivity index (χ1n) is 7.83. The highest BCUT2D eigenvalue weighted by Gasteiger charge is 2.20. The molecule has 7 nitrogen and oxygen atoms in total. The summed E-state index contributed by atoms with van der Waals surface area (Å²) < 4.78 is 13.1. The van der Waals surface area contributed by atoms with Crippen LogP contribution < -0.4 is 4.74 Å². The van der Waals surface area contributed by atoms with E-state index in [0.29, 0.717) is 11.8 Å². The summed E-state index contributed by atoms with van der Waals surface area (Å²) >= 11 is 3.06. The fourth-order valence-electron chi connectivity index (χ4n) is 2.41. The largest absolute Gasteiger partial charge is 0.495 e. The molecule has 3 heterocycles. The Hall–Kier alpha value is -2.65. The van der Waals surface area contributed by atoms with E-state index >= 15 is 0 Å². The van der Waals surface area contributed by atoms with E-state index in [1.807, 2.05) is 53.3 Å². The second-order valence-electron chi connectivity index (χ2n) is 5.34. The minimum atomic E-state index is -0.0751. The smallest absolute Gasteiger partial charge is 0.257 e. The number of rotatable bonds is 6. The van der Waals surface area contributed by atoms with Crippen LogP contribution in [0.3, 0.4) is 0 Å². The molecule has 0 unspecified atom stereocenters. The van der Waals surface area contributed by atoms with Crippen molar-refractivity contribution in [2.24, 2.45) is 0 Å². The highest BCUT2D eigenvalue weighted by molar-refractivity contribution is 7.99. The van der Waals surface area contributed by atoms with Crippen molar-refractivity contribution in [3.63, 3.8) is 0 Å². The summed E-state index contributed by atoms with van der Waals surface area (Å²) in [6, 6.07) is 11.6. The zero-order valence-corrected chi connectivity index (χ0v) is 15.7. The van der Waals surface area contributed by atoms with Gasteiger partial charge in [0.15, 0.2) is 5.16 Å². The molecule has 0 fully saturated rings. The van der Waals surface area contributed by atoms with Gasteiger partial charge in [0.2, 0.25) is 5.89 Å². The van der Waals surface area contributed by atoms with E-state index < -0.39 is 0 Å². The van der Waals surface area contributed by atoms with Crippen molar-refractivity contribution >= 4 is 23.1 Å². The number of thioether (sulfide) groups is 1. The Morgan fingerprint density at radius 3 is 2.85 bits per heavy atom. The first-order chi connectivity index (χ1) is 12.8. The van der Waals surface area contributed by atoms with Gasteiger partial charge in [-0.05, 0) is 30.5 Å². The van der Waals surface area contributed by atoms with E-state index in [0.717, 1.165) is 21.5 Å². The first kappa shape index (κ1) is 16.8. The molecule has 0 aliphatic heterocycles. The van der Waals surface area contributed by atoms with Crippen molar-refractivity contribution in [2.45, 2.75) is 17.3 Å². The molecule has 132 valence electrons. The van der Waals surface area contributed by atoms with Crippen LogP contribution in [0, 0.1) is 0 Å². The van der Waals surface area contributed by atoms with Crippen LogP contribution in [0.25, 0.3) is 16.5 Å². The van der Waals surface area contributed by atoms with Crippen molar-refractivity contribution in [2.75, 3.05) is 7.11 Å². The van der Waals surface area contributed by atoms with Crippen LogP contribution in [0.15, 0.2) is 57.7 Å². The average molecular weight is 385 g/mol. The lowest BCUT2D eigenvalue weighted by Gasteiger charge is -2.11. The number of hydrogen-bond donors (Lipinski definition) is 0. The van der Waals surface area contributed by atoms with Gasteiger partial charge in [-0.25, -0.2) is 0 Å². The van der Waals surface area contributed by atoms with E-state index in [2.05, 4.69) is 20.4 Å². The van der Waals surface area contributed by atoms with Gasteiger partial charge in [-0.3, -0.25) is 4.57 Å². The number of para-hydroxylation sites is 2. The van der Waals surface area contributed by atoms with E-state index in [4.69, 9.17) is 9.15 Å². The number of thiophene rings is 1. The SMILES string of the molecule is COc1ccccc1-n1cnnc1S[C@H](C)c1nnc(-c2cccs2)o1. The zero-order valence-electron chi connectivity index (χ0n) is 14.1. The number of hydrogen-bond acceptors (Lipinski definition) is 8. The number of ether oxygens (including phenoxy) is 1. The van der Waals surface area contributed by atoms with Crippen LogP contribution in [0.1, 0.15) is 18.1 Å². The lowest BCUT2D eigenvalue weighted by Crippen LogP contribution is -2.00. The lowest BCUT2D eigenvalue weighted by atomic mass is 10.3. The minimum Gasteiger partial charge on any atom is -0.495 e. The molecular formula is C17H15N5O2S2. The molecule has 26 heavy (non-hydrogen) atoms. The molecule has 0 amide bonds. The Balaban J connectivity index is 1.58. The third-order valence-corrected chi connectivity index (χ3v) is 5.57. The molecule has 0 aliphatic carbocycles. The monoisotopic (exact) mass is 385 g/mol. The van der Waals surface area contributed by atoms with Crippen molar-refractivity contribution in [3.05, 3.63) is 54.0 Å². The van der Waals surface area contributed by atoms with Gasteiger partial charge in [-0.1, -0.05) is 30.0 Å². The maximum absolute atomic E-state index is 5.81. The van der Waals surface area contributed by atoms with Crippen LogP contribution in [0.5, 0.6) is 5.75 Å². The predicted octanol–water partition coefficient (Wildman–Crippen LogP) is 4.24. The lowest BCUT2D eigenvalue weighted by molar-refractivity contribution is 0.412. The topological polar surface area (TPSA) is 78.9 Å². The Labute approximate surface area is 158 Å². The third kappa shape index (κ3) is 3.23. The molecule has 0 saturated carbocycles. The first-order valence-corrected chi connectivity index (χ1v) is 9.59. The van der Waals surface area contributed by atoms with Crippen LogP contribution in [-0.4, -0.2) is 32.1 Å². The highest BCUT2D eigenvalue weighted by Crippen LogP contribution is 2.36. The van der Waals surface area contributed by atoms with Gasteiger partial charge in [0.05, 0.1) is 22.9 Å². The van der Waals surface area contributed by atoms with E-state index in [1.165, 1.54) is 11.8 Å². The number of benzene rings is 1. The van der Waals surface area contributed by atoms with Crippen molar-refractivity contribution in [3.8, 4) is 22.2 Å². The summed E-state index contributed by atoms with van der Waals surface area (Å²) in [5.74, 6) is 1.83. The Bertz CT molecular complexity index is 996. The van der Waals surface area contributed by atoms with Gasteiger partial charge < -0.3 is 9.15 Å². The standard InChI is InChI=1S/C17H15N5O2S2/c1-11(15-19-20-16(24-15)14-8-5-9-25-14)26-17-21-18-10-22(17)12-6-3-4-7-13(12)23-2/h3-11H,1-2H3/t11-/m1/s1. The summed E-state index contributed by atoms with van der Waals surface area (Å²) in [6.07, 6.45) is 1.66. The van der Waals surface area contributed by atoms with Gasteiger partial charge in [0, 0.05) is 0 Å². The Kier molecular flexibility index (Phi) is 4.72. The molecule has 0 bridgehead atoms. The Morgan fingerprint density at radius 2 is 2.04 bits per heavy atom. The van der Waals surface area contributed by atoms with Crippen molar-refractivity contribution in [1.82, 2.24) is 25.0 Å². The maximum Gasteiger partial charge on any atom is 0.257 e. The van der Waals surface area contributed by atoms with Crippen LogP contribution >= 0.6 is 23.1 Å². The van der Waals surface area contributed by atoms with Gasteiger partial charge in [0.25, 0.3) is 5.89 Å². The van der Waals surface area contributed by atoms with Crippen molar-refractivity contribution < 1.29 is 9.15 Å². The van der Waals surface area contributed by atoms with Crippen LogP contribution in [-0.2, 0) is 0 Å². The van der Waals surface area contributed by atoms with Crippen LogP contribution in [0.4, 0.5) is 0 Å². The number of aromatic nitrogens is 5. The molecule has 0 aliphatic rings. The third-order valence-electron chi connectivity index (χ3n) is 3.66. The van der Waals surface area contributed by atoms with Crippen molar-refractivity contribution in [1.29, 1.82) is 0 Å². The second-order valence-corrected chi connectivity index (χ2v) is 7.59. The van der Waals surface area contributed by atoms with E-state index in [9.17, 15) is 0 Å². The molecule has 1 atom stereocenters. The molecule has 9 heteroatoms. The molecule has 4 rings (SSSR count). The molecule has 0 radical (unpaired) electrons. The second kappa shape index (κ2) is 7.30. The van der Waals surface area contributed by atoms with Crippen LogP contribution in [0.2, 0.25) is 0 Å². The van der Waals surface area contributed by atoms with Gasteiger partial charge in [-0.15, -0.1) is 31.7 Å². The minimum absolute atomic E-state index is 0.0751. The molecule has 0 saturated heterocycles. The summed E-state index contributed by atoms with van der Waals surface area (Å²) in [4.78, 5) is 0.957. The predicted molar refractivity (Wildman–Crippen MR) is 99.8 cm³/mol. The fraction of sp³-hybridized carbons (Fsp3) is 0.176. The summed E-state index contributed by atoms with van der Waals surface area (Å²) in [5, 5.41) is 19.2. The zero-order chi connectivity index (χ0) is 17.9. The van der Waals surface area contributed by atoms with Gasteiger partial charge in [-0.2, -0.15) is 0 Å². The Morgan fingerprint density at radius 1 is 1.15 bits per heavy atom. The summed E-state index contributed by atoms with van der Waals surface area (Å²) in [5.41, 5.74) is 0.875. The average Bonchev–Trinajstić information content (AvgIpc) is 3.41. The molecule has 4 aromatic rings. The molecule has 0 N–H and O–H groups in total. The van der Waals surface area contributed by atoms with E-state index in [1.54, 1.807) is 24.8 Å². The number of methoxy groups -OCH3 is 1. The summed E-state index contributed by atoms with van der Waals surface area (Å²) in [6.45, 7) is 2.00. The maximum atomic E-state index is 5.81. The summed E-state index contributed by atoms with van der Waals surface area (Å²) in [7, 11) is 1.64. The molecular weight excluding hydrogens is 370 g/mol. The fourth-order valence-corrected chi connectivity index (χ4v) is 3.92. The quantitative estimate of drug-likeness (QED) is 0.459. The van der Waals surface area contributed by atoms with Gasteiger partial charge in [0.1, 0.15) is 12.1 Å². The molecule has 3 aromatic heterocycles. The molecule has 1 aromatic carbocycles. The highest BCUT2D eigenvalue weighted by atomic mass is 32.2. The number of nitrogens with zero attached hydrogens (tertiary/aromatic N) is 5. The van der Waals surface area contributed by atoms with Gasteiger partial charge >= 0.3 is 0 Å². The van der Waals surface area contributed by atoms with E-state index in [-0.39, 0.29) is 5.25 Å². The normalized spacial score (nSPS) is 12.2.